The molecule has 0 atom stereocenters. The molecule has 10 heteroatoms. The number of halogens is 5. The summed E-state index contributed by atoms with van der Waals surface area (Å²) >= 11 is 9.30. The maximum atomic E-state index is 14.1. The first-order valence-electron chi connectivity index (χ1n) is 8.70. The summed E-state index contributed by atoms with van der Waals surface area (Å²) in [5, 5.41) is 7.28. The lowest BCUT2D eigenvalue weighted by molar-refractivity contribution is -0.0501. The van der Waals surface area contributed by atoms with Crippen LogP contribution in [-0.2, 0) is 6.54 Å². The monoisotopic (exact) mass is 501 g/mol. The molecule has 158 valence electrons. The van der Waals surface area contributed by atoms with E-state index in [0.717, 1.165) is 0 Å². The zero-order chi connectivity index (χ0) is 22.0. The van der Waals surface area contributed by atoms with Gasteiger partial charge in [0, 0.05) is 15.1 Å². The van der Waals surface area contributed by atoms with Crippen LogP contribution in [0.25, 0.3) is 0 Å². The lowest BCUT2D eigenvalue weighted by atomic mass is 10.1. The average molecular weight is 503 g/mol. The van der Waals surface area contributed by atoms with E-state index in [4.69, 9.17) is 11.6 Å². The number of ether oxygens (including phenoxy) is 1. The van der Waals surface area contributed by atoms with E-state index >= 15 is 0 Å². The highest BCUT2D eigenvalue weighted by atomic mass is 79.9. The molecule has 0 unspecified atom stereocenters. The van der Waals surface area contributed by atoms with Crippen molar-refractivity contribution < 1.29 is 22.7 Å². The molecule has 1 aromatic heterocycles. The van der Waals surface area contributed by atoms with Gasteiger partial charge in [-0.25, -0.2) is 4.39 Å². The highest BCUT2D eigenvalue weighted by Gasteiger charge is 2.21. The summed E-state index contributed by atoms with van der Waals surface area (Å²) in [6.07, 6.45) is 0. The van der Waals surface area contributed by atoms with Crippen molar-refractivity contribution in [2.24, 2.45) is 0 Å². The second-order valence-corrected chi connectivity index (χ2v) is 7.70. The third kappa shape index (κ3) is 4.79. The maximum absolute atomic E-state index is 14.1. The van der Waals surface area contributed by atoms with E-state index < -0.39 is 18.3 Å². The van der Waals surface area contributed by atoms with E-state index in [-0.39, 0.29) is 28.4 Å². The third-order valence-corrected chi connectivity index (χ3v) is 5.24. The Balaban J connectivity index is 1.90. The standard InChI is InChI=1S/C20H16BrClF3N3O2/c1-10-18(11(2)28(27-10)9-14-15(22)4-3-5-16(14)23)26-19(29)13-8-12(21)6-7-17(13)30-20(24)25/h3-8,20H,9H2,1-2H3,(H,26,29). The van der Waals surface area contributed by atoms with Crippen LogP contribution in [0.2, 0.25) is 5.02 Å². The Hall–Kier alpha value is -2.52. The maximum Gasteiger partial charge on any atom is 0.387 e. The number of anilines is 1. The molecular weight excluding hydrogens is 487 g/mol. The number of benzene rings is 2. The molecule has 5 nitrogen and oxygen atoms in total. The summed E-state index contributed by atoms with van der Waals surface area (Å²) in [5.74, 6) is -1.38. The molecule has 0 aliphatic rings. The summed E-state index contributed by atoms with van der Waals surface area (Å²) in [6, 6.07) is 8.52. The topological polar surface area (TPSA) is 56.2 Å². The predicted octanol–water partition coefficient (Wildman–Crippen LogP) is 5.96. The lowest BCUT2D eigenvalue weighted by Crippen LogP contribution is -2.16. The van der Waals surface area contributed by atoms with Crippen LogP contribution in [0.15, 0.2) is 40.9 Å². The SMILES string of the molecule is Cc1nn(Cc2c(F)cccc2Cl)c(C)c1NC(=O)c1cc(Br)ccc1OC(F)F. The Morgan fingerprint density at radius 1 is 1.30 bits per heavy atom. The number of carbonyl (C=O) groups is 1. The van der Waals surface area contributed by atoms with Crippen molar-refractivity contribution in [3.63, 3.8) is 0 Å². The number of hydrogen-bond donors (Lipinski definition) is 1. The van der Waals surface area contributed by atoms with E-state index in [1.807, 2.05) is 0 Å². The molecule has 3 rings (SSSR count). The molecule has 0 saturated carbocycles. The number of alkyl halides is 2. The fourth-order valence-corrected chi connectivity index (χ4v) is 3.51. The van der Waals surface area contributed by atoms with Crippen molar-refractivity contribution in [3.8, 4) is 5.75 Å². The van der Waals surface area contributed by atoms with Crippen molar-refractivity contribution in [2.45, 2.75) is 27.0 Å². The van der Waals surface area contributed by atoms with E-state index in [2.05, 4.69) is 31.1 Å². The van der Waals surface area contributed by atoms with Crippen LogP contribution in [0.5, 0.6) is 5.75 Å². The van der Waals surface area contributed by atoms with Crippen LogP contribution in [0.3, 0.4) is 0 Å². The second kappa shape index (κ2) is 9.09. The number of rotatable bonds is 6. The first kappa shape index (κ1) is 22.2. The highest BCUT2D eigenvalue weighted by molar-refractivity contribution is 9.10. The summed E-state index contributed by atoms with van der Waals surface area (Å²) in [5.41, 5.74) is 1.59. The minimum Gasteiger partial charge on any atom is -0.434 e. The number of aryl methyl sites for hydroxylation is 1. The summed E-state index contributed by atoms with van der Waals surface area (Å²) in [7, 11) is 0. The smallest absolute Gasteiger partial charge is 0.387 e. The van der Waals surface area contributed by atoms with Gasteiger partial charge in [0.15, 0.2) is 0 Å². The van der Waals surface area contributed by atoms with Gasteiger partial charge in [0.25, 0.3) is 5.91 Å². The van der Waals surface area contributed by atoms with Gasteiger partial charge in [-0.15, -0.1) is 0 Å². The van der Waals surface area contributed by atoms with Crippen molar-refractivity contribution in [1.29, 1.82) is 0 Å². The molecule has 0 bridgehead atoms. The first-order chi connectivity index (χ1) is 14.2. The van der Waals surface area contributed by atoms with Crippen molar-refractivity contribution in [3.05, 3.63) is 74.2 Å². The predicted molar refractivity (Wildman–Crippen MR) is 111 cm³/mol. The molecule has 30 heavy (non-hydrogen) atoms. The van der Waals surface area contributed by atoms with E-state index in [9.17, 15) is 18.0 Å². The van der Waals surface area contributed by atoms with E-state index in [1.54, 1.807) is 19.9 Å². The van der Waals surface area contributed by atoms with Gasteiger partial charge in [0.05, 0.1) is 29.2 Å². The zero-order valence-electron chi connectivity index (χ0n) is 15.8. The van der Waals surface area contributed by atoms with Gasteiger partial charge in [-0.1, -0.05) is 33.6 Å². The van der Waals surface area contributed by atoms with E-state index in [1.165, 1.54) is 35.0 Å². The molecule has 1 amide bonds. The summed E-state index contributed by atoms with van der Waals surface area (Å²) < 4.78 is 45.9. The number of nitrogens with one attached hydrogen (secondary N) is 1. The summed E-state index contributed by atoms with van der Waals surface area (Å²) in [4.78, 5) is 12.8. The van der Waals surface area contributed by atoms with Gasteiger partial charge in [-0.2, -0.15) is 13.9 Å². The van der Waals surface area contributed by atoms with Gasteiger partial charge in [0.2, 0.25) is 0 Å². The molecule has 1 heterocycles. The quantitative estimate of drug-likeness (QED) is 0.453. The van der Waals surface area contributed by atoms with Gasteiger partial charge in [-0.3, -0.25) is 9.48 Å². The fraction of sp³-hybridized carbons (Fsp3) is 0.200. The van der Waals surface area contributed by atoms with Gasteiger partial charge >= 0.3 is 6.61 Å². The van der Waals surface area contributed by atoms with Gasteiger partial charge in [-0.05, 0) is 44.2 Å². The largest absolute Gasteiger partial charge is 0.434 e. The number of amides is 1. The Kier molecular flexibility index (Phi) is 6.72. The highest BCUT2D eigenvalue weighted by Crippen LogP contribution is 2.28. The molecule has 2 aromatic carbocycles. The van der Waals surface area contributed by atoms with Crippen molar-refractivity contribution >= 4 is 39.1 Å². The van der Waals surface area contributed by atoms with Crippen LogP contribution in [0.4, 0.5) is 18.9 Å². The second-order valence-electron chi connectivity index (χ2n) is 6.38. The van der Waals surface area contributed by atoms with Crippen LogP contribution < -0.4 is 10.1 Å². The minimum absolute atomic E-state index is 0.0602. The Morgan fingerprint density at radius 3 is 2.70 bits per heavy atom. The number of carbonyl (C=O) groups excluding carboxylic acids is 1. The van der Waals surface area contributed by atoms with Crippen LogP contribution >= 0.6 is 27.5 Å². The Morgan fingerprint density at radius 2 is 2.03 bits per heavy atom. The molecule has 0 saturated heterocycles. The average Bonchev–Trinajstić information content (AvgIpc) is 2.93. The Labute approximate surface area is 183 Å². The molecule has 1 N–H and O–H groups in total. The van der Waals surface area contributed by atoms with Crippen LogP contribution in [0, 0.1) is 19.7 Å². The third-order valence-electron chi connectivity index (χ3n) is 4.39. The number of hydrogen-bond acceptors (Lipinski definition) is 3. The van der Waals surface area contributed by atoms with Gasteiger partial charge in [0.1, 0.15) is 11.6 Å². The Bertz CT molecular complexity index is 1080. The molecule has 0 aliphatic carbocycles. The molecular formula is C20H16BrClF3N3O2. The molecule has 0 fully saturated rings. The molecule has 0 spiro atoms. The molecule has 3 aromatic rings. The van der Waals surface area contributed by atoms with Crippen LogP contribution in [-0.4, -0.2) is 22.3 Å². The normalized spacial score (nSPS) is 11.1. The van der Waals surface area contributed by atoms with Crippen LogP contribution in [0.1, 0.15) is 27.3 Å². The summed E-state index contributed by atoms with van der Waals surface area (Å²) in [6.45, 7) is 0.348. The number of aromatic nitrogens is 2. The molecule has 0 radical (unpaired) electrons. The number of nitrogens with zero attached hydrogens (tertiary/aromatic N) is 2. The first-order valence-corrected chi connectivity index (χ1v) is 9.87. The fourth-order valence-electron chi connectivity index (χ4n) is 2.92. The van der Waals surface area contributed by atoms with E-state index in [0.29, 0.717) is 21.5 Å². The molecule has 0 aliphatic heterocycles. The zero-order valence-corrected chi connectivity index (χ0v) is 18.2. The lowest BCUT2D eigenvalue weighted by Gasteiger charge is -2.12. The van der Waals surface area contributed by atoms with Crippen molar-refractivity contribution in [2.75, 3.05) is 5.32 Å². The van der Waals surface area contributed by atoms with Gasteiger partial charge < -0.3 is 10.1 Å². The van der Waals surface area contributed by atoms with Crippen molar-refractivity contribution in [1.82, 2.24) is 9.78 Å². The minimum atomic E-state index is -3.07.